The highest BCUT2D eigenvalue weighted by Gasteiger charge is 2.16. The van der Waals surface area contributed by atoms with Gasteiger partial charge in [-0.1, -0.05) is 30.3 Å². The molecule has 0 fully saturated rings. The van der Waals surface area contributed by atoms with Gasteiger partial charge in [-0.3, -0.25) is 0 Å². The molecule has 0 radical (unpaired) electrons. The lowest BCUT2D eigenvalue weighted by molar-refractivity contribution is 0.699. The van der Waals surface area contributed by atoms with E-state index in [1.807, 2.05) is 25.2 Å². The molecule has 96 valence electrons. The molecular weight excluding hydrogens is 252 g/mol. The molecule has 0 bridgehead atoms. The highest BCUT2D eigenvalue weighted by molar-refractivity contribution is 7.17. The fraction of sp³-hybridized carbons (Fsp3) is 0.125. The Morgan fingerprint density at radius 2 is 1.95 bits per heavy atom. The van der Waals surface area contributed by atoms with Crippen LogP contribution in [-0.4, -0.2) is 7.05 Å². The third-order valence-electron chi connectivity index (χ3n) is 3.35. The lowest BCUT2D eigenvalue weighted by atomic mass is 9.98. The normalized spacial score (nSPS) is 12.7. The van der Waals surface area contributed by atoms with Crippen LogP contribution in [0, 0.1) is 0 Å². The van der Waals surface area contributed by atoms with Crippen LogP contribution < -0.4 is 11.1 Å². The number of nitrogen functional groups attached to an aromatic ring is 1. The van der Waals surface area contributed by atoms with E-state index >= 15 is 0 Å². The maximum atomic E-state index is 5.89. The van der Waals surface area contributed by atoms with Gasteiger partial charge in [-0.15, -0.1) is 11.3 Å². The van der Waals surface area contributed by atoms with Crippen LogP contribution >= 0.6 is 11.3 Å². The summed E-state index contributed by atoms with van der Waals surface area (Å²) in [6.07, 6.45) is 0. The minimum atomic E-state index is 0.180. The summed E-state index contributed by atoms with van der Waals surface area (Å²) in [7, 11) is 1.99. The van der Waals surface area contributed by atoms with Gasteiger partial charge in [0.1, 0.15) is 0 Å². The Morgan fingerprint density at radius 1 is 1.11 bits per heavy atom. The zero-order valence-corrected chi connectivity index (χ0v) is 11.6. The molecule has 2 aromatic carbocycles. The van der Waals surface area contributed by atoms with E-state index in [1.54, 1.807) is 11.3 Å². The molecule has 3 N–H and O–H groups in total. The summed E-state index contributed by atoms with van der Waals surface area (Å²) in [4.78, 5) is 0. The molecule has 0 saturated heterocycles. The number of fused-ring (bicyclic) bond motifs is 1. The van der Waals surface area contributed by atoms with Crippen LogP contribution in [0.1, 0.15) is 17.2 Å². The minimum absolute atomic E-state index is 0.180. The predicted octanol–water partition coefficient (Wildman–Crippen LogP) is 3.79. The average Bonchev–Trinajstić information content (AvgIpc) is 2.84. The Balaban J connectivity index is 2.12. The lowest BCUT2D eigenvalue weighted by Crippen LogP contribution is -2.17. The molecule has 19 heavy (non-hydrogen) atoms. The number of anilines is 1. The molecule has 0 saturated carbocycles. The molecule has 0 aliphatic carbocycles. The number of nitrogens with two attached hydrogens (primary N) is 1. The third kappa shape index (κ3) is 2.23. The van der Waals surface area contributed by atoms with Crippen LogP contribution in [0.25, 0.3) is 10.1 Å². The van der Waals surface area contributed by atoms with Crippen molar-refractivity contribution < 1.29 is 0 Å². The lowest BCUT2D eigenvalue weighted by Gasteiger charge is -2.17. The first-order valence-electron chi connectivity index (χ1n) is 6.28. The van der Waals surface area contributed by atoms with Crippen LogP contribution in [0.3, 0.4) is 0 Å². The average molecular weight is 268 g/mol. The number of hydrogen-bond donors (Lipinski definition) is 2. The molecule has 3 aromatic rings. The topological polar surface area (TPSA) is 38.0 Å². The van der Waals surface area contributed by atoms with Crippen molar-refractivity contribution in [2.45, 2.75) is 6.04 Å². The van der Waals surface area contributed by atoms with Crippen molar-refractivity contribution in [3.63, 3.8) is 0 Å². The molecule has 3 rings (SSSR count). The molecule has 3 heteroatoms. The Bertz CT molecular complexity index is 703. The summed E-state index contributed by atoms with van der Waals surface area (Å²) in [6, 6.07) is 16.8. The summed E-state index contributed by atoms with van der Waals surface area (Å²) < 4.78 is 1.32. The fourth-order valence-electron chi connectivity index (χ4n) is 2.46. The Hall–Kier alpha value is -1.84. The summed E-state index contributed by atoms with van der Waals surface area (Å²) in [5.41, 5.74) is 9.21. The van der Waals surface area contributed by atoms with Gasteiger partial charge in [0.2, 0.25) is 0 Å². The van der Waals surface area contributed by atoms with Crippen molar-refractivity contribution in [1.82, 2.24) is 5.32 Å². The largest absolute Gasteiger partial charge is 0.399 e. The van der Waals surface area contributed by atoms with Gasteiger partial charge in [0.15, 0.2) is 0 Å². The predicted molar refractivity (Wildman–Crippen MR) is 83.6 cm³/mol. The summed E-state index contributed by atoms with van der Waals surface area (Å²) in [5.74, 6) is 0. The Labute approximate surface area is 116 Å². The number of hydrogen-bond acceptors (Lipinski definition) is 3. The van der Waals surface area contributed by atoms with Gasteiger partial charge in [0.05, 0.1) is 6.04 Å². The van der Waals surface area contributed by atoms with Gasteiger partial charge in [0.25, 0.3) is 0 Å². The second-order valence-electron chi connectivity index (χ2n) is 4.58. The van der Waals surface area contributed by atoms with E-state index in [2.05, 4.69) is 41.0 Å². The first kappa shape index (κ1) is 12.2. The molecule has 0 aliphatic heterocycles. The van der Waals surface area contributed by atoms with E-state index in [0.717, 1.165) is 5.69 Å². The monoisotopic (exact) mass is 268 g/mol. The molecular formula is C16H16N2S. The van der Waals surface area contributed by atoms with E-state index in [-0.39, 0.29) is 6.04 Å². The third-order valence-corrected chi connectivity index (χ3v) is 4.34. The van der Waals surface area contributed by atoms with Gasteiger partial charge in [-0.25, -0.2) is 0 Å². The molecule has 1 unspecified atom stereocenters. The number of nitrogens with one attached hydrogen (secondary N) is 1. The smallest absolute Gasteiger partial charge is 0.0589 e. The maximum absolute atomic E-state index is 5.89. The van der Waals surface area contributed by atoms with Crippen LogP contribution in [-0.2, 0) is 0 Å². The van der Waals surface area contributed by atoms with Gasteiger partial charge < -0.3 is 11.1 Å². The standard InChI is InChI=1S/C16H16N2S/c1-18-16(11-5-4-6-12(17)9-11)14-10-19-15-8-3-2-7-13(14)15/h2-10,16,18H,17H2,1H3. The van der Waals surface area contributed by atoms with Crippen molar-refractivity contribution in [3.05, 3.63) is 65.0 Å². The van der Waals surface area contributed by atoms with E-state index < -0.39 is 0 Å². The number of benzene rings is 2. The zero-order chi connectivity index (χ0) is 13.2. The van der Waals surface area contributed by atoms with Crippen LogP contribution in [0.15, 0.2) is 53.9 Å². The van der Waals surface area contributed by atoms with E-state index in [1.165, 1.54) is 21.2 Å². The molecule has 0 amide bonds. The number of thiophene rings is 1. The van der Waals surface area contributed by atoms with E-state index in [9.17, 15) is 0 Å². The zero-order valence-electron chi connectivity index (χ0n) is 10.8. The van der Waals surface area contributed by atoms with E-state index in [4.69, 9.17) is 5.73 Å². The molecule has 0 aliphatic rings. The van der Waals surface area contributed by atoms with Crippen molar-refractivity contribution >= 4 is 27.1 Å². The molecule has 1 atom stereocenters. The SMILES string of the molecule is CNC(c1cccc(N)c1)c1csc2ccccc12. The summed E-state index contributed by atoms with van der Waals surface area (Å²) in [6.45, 7) is 0. The second-order valence-corrected chi connectivity index (χ2v) is 5.49. The van der Waals surface area contributed by atoms with Crippen molar-refractivity contribution in [2.75, 3.05) is 12.8 Å². The Morgan fingerprint density at radius 3 is 2.74 bits per heavy atom. The molecule has 1 heterocycles. The summed E-state index contributed by atoms with van der Waals surface area (Å²) in [5, 5.41) is 6.94. The minimum Gasteiger partial charge on any atom is -0.399 e. The summed E-state index contributed by atoms with van der Waals surface area (Å²) >= 11 is 1.79. The fourth-order valence-corrected chi connectivity index (χ4v) is 3.45. The van der Waals surface area contributed by atoms with Gasteiger partial charge in [-0.2, -0.15) is 0 Å². The first-order chi connectivity index (χ1) is 9.29. The Kier molecular flexibility index (Phi) is 3.23. The highest BCUT2D eigenvalue weighted by Crippen LogP contribution is 2.33. The maximum Gasteiger partial charge on any atom is 0.0589 e. The number of rotatable bonds is 3. The molecule has 1 aromatic heterocycles. The van der Waals surface area contributed by atoms with Gasteiger partial charge in [-0.05, 0) is 47.1 Å². The van der Waals surface area contributed by atoms with Crippen LogP contribution in [0.5, 0.6) is 0 Å². The highest BCUT2D eigenvalue weighted by atomic mass is 32.1. The van der Waals surface area contributed by atoms with Gasteiger partial charge >= 0.3 is 0 Å². The van der Waals surface area contributed by atoms with Gasteiger partial charge in [0, 0.05) is 10.4 Å². The van der Waals surface area contributed by atoms with Crippen LogP contribution in [0.4, 0.5) is 5.69 Å². The van der Waals surface area contributed by atoms with Crippen LogP contribution in [0.2, 0.25) is 0 Å². The quantitative estimate of drug-likeness (QED) is 0.709. The second kappa shape index (κ2) is 5.03. The van der Waals surface area contributed by atoms with Crippen molar-refractivity contribution in [1.29, 1.82) is 0 Å². The van der Waals surface area contributed by atoms with E-state index in [0.29, 0.717) is 0 Å². The molecule has 0 spiro atoms. The van der Waals surface area contributed by atoms with Crippen molar-refractivity contribution in [2.24, 2.45) is 0 Å². The molecule has 2 nitrogen and oxygen atoms in total. The first-order valence-corrected chi connectivity index (χ1v) is 7.16. The van der Waals surface area contributed by atoms with Crippen molar-refractivity contribution in [3.8, 4) is 0 Å².